The van der Waals surface area contributed by atoms with E-state index in [0.717, 1.165) is 16.0 Å². The van der Waals surface area contributed by atoms with E-state index < -0.39 is 0 Å². The Bertz CT molecular complexity index is 447. The summed E-state index contributed by atoms with van der Waals surface area (Å²) in [6.45, 7) is 0.559. The van der Waals surface area contributed by atoms with E-state index in [9.17, 15) is 0 Å². The smallest absolute Gasteiger partial charge is 0.140 e. The van der Waals surface area contributed by atoms with Gasteiger partial charge in [-0.15, -0.1) is 0 Å². The van der Waals surface area contributed by atoms with E-state index in [2.05, 4.69) is 31.4 Å². The molecule has 0 aromatic carbocycles. The Labute approximate surface area is 99.8 Å². The van der Waals surface area contributed by atoms with E-state index in [-0.39, 0.29) is 0 Å². The first-order valence-electron chi connectivity index (χ1n) is 4.20. The first-order valence-corrected chi connectivity index (χ1v) is 5.37. The van der Waals surface area contributed by atoms with Crippen LogP contribution in [-0.2, 0) is 6.54 Å². The Hall–Kier alpha value is -1.07. The average Bonchev–Trinajstić information content (AvgIpc) is 2.69. The zero-order valence-corrected chi connectivity index (χ0v) is 9.92. The summed E-state index contributed by atoms with van der Waals surface area (Å²) in [6.07, 6.45) is 3.11. The van der Waals surface area contributed by atoms with Crippen molar-refractivity contribution in [2.24, 2.45) is 0 Å². The van der Waals surface area contributed by atoms with Crippen molar-refractivity contribution in [3.05, 3.63) is 39.8 Å². The van der Waals surface area contributed by atoms with Crippen LogP contribution in [0.2, 0.25) is 5.02 Å². The largest absolute Gasteiger partial charge is 0.364 e. The fourth-order valence-electron chi connectivity index (χ4n) is 1.05. The van der Waals surface area contributed by atoms with Gasteiger partial charge in [0.2, 0.25) is 0 Å². The van der Waals surface area contributed by atoms with E-state index in [1.807, 2.05) is 0 Å². The monoisotopic (exact) mass is 287 g/mol. The van der Waals surface area contributed by atoms with Crippen LogP contribution in [0.3, 0.4) is 0 Å². The van der Waals surface area contributed by atoms with Crippen LogP contribution >= 0.6 is 27.5 Å². The highest BCUT2D eigenvalue weighted by Crippen LogP contribution is 2.23. The molecule has 0 spiro atoms. The highest BCUT2D eigenvalue weighted by Gasteiger charge is 2.03. The van der Waals surface area contributed by atoms with Gasteiger partial charge in [0.25, 0.3) is 0 Å². The van der Waals surface area contributed by atoms with Crippen LogP contribution in [0, 0.1) is 0 Å². The fraction of sp³-hybridized carbons (Fsp3) is 0.111. The molecular weight excluding hydrogens is 281 g/mol. The minimum Gasteiger partial charge on any atom is -0.364 e. The predicted octanol–water partition coefficient (Wildman–Crippen LogP) is 3.10. The zero-order chi connectivity index (χ0) is 10.7. The third-order valence-electron chi connectivity index (χ3n) is 1.74. The van der Waals surface area contributed by atoms with Gasteiger partial charge in [0, 0.05) is 12.3 Å². The van der Waals surface area contributed by atoms with Crippen molar-refractivity contribution in [2.75, 3.05) is 5.32 Å². The molecule has 0 saturated carbocycles. The standard InChI is InChI=1S/C9H7BrClN3O/c10-8-3-6(11)4-12-9(8)13-5-7-1-2-15-14-7/h1-4H,5H2,(H,12,13). The summed E-state index contributed by atoms with van der Waals surface area (Å²) >= 11 is 9.13. The maximum atomic E-state index is 5.77. The lowest BCUT2D eigenvalue weighted by molar-refractivity contribution is 0.412. The van der Waals surface area contributed by atoms with Gasteiger partial charge in [-0.25, -0.2) is 4.98 Å². The van der Waals surface area contributed by atoms with Gasteiger partial charge >= 0.3 is 0 Å². The number of pyridine rings is 1. The molecule has 0 radical (unpaired) electrons. The van der Waals surface area contributed by atoms with Crippen LogP contribution in [0.5, 0.6) is 0 Å². The van der Waals surface area contributed by atoms with Gasteiger partial charge in [-0.05, 0) is 22.0 Å². The molecule has 2 rings (SSSR count). The third kappa shape index (κ3) is 2.70. The second-order valence-electron chi connectivity index (χ2n) is 2.83. The summed E-state index contributed by atoms with van der Waals surface area (Å²) in [5.41, 5.74) is 0.818. The zero-order valence-electron chi connectivity index (χ0n) is 7.58. The highest BCUT2D eigenvalue weighted by atomic mass is 79.9. The SMILES string of the molecule is Clc1cnc(NCc2ccon2)c(Br)c1. The van der Waals surface area contributed by atoms with E-state index >= 15 is 0 Å². The summed E-state index contributed by atoms with van der Waals surface area (Å²) in [6, 6.07) is 3.57. The number of hydrogen-bond donors (Lipinski definition) is 1. The van der Waals surface area contributed by atoms with E-state index in [1.165, 1.54) is 6.26 Å². The molecule has 1 N–H and O–H groups in total. The van der Waals surface area contributed by atoms with Crippen molar-refractivity contribution >= 4 is 33.3 Å². The second kappa shape index (κ2) is 4.63. The molecule has 78 valence electrons. The van der Waals surface area contributed by atoms with Gasteiger partial charge < -0.3 is 9.84 Å². The predicted molar refractivity (Wildman–Crippen MR) is 60.8 cm³/mol. The Morgan fingerprint density at radius 1 is 1.53 bits per heavy atom. The van der Waals surface area contributed by atoms with Crippen molar-refractivity contribution in [2.45, 2.75) is 6.54 Å². The molecule has 0 atom stereocenters. The van der Waals surface area contributed by atoms with Crippen molar-refractivity contribution in [1.29, 1.82) is 0 Å². The maximum absolute atomic E-state index is 5.77. The molecule has 0 aliphatic rings. The molecule has 0 saturated heterocycles. The summed E-state index contributed by atoms with van der Waals surface area (Å²) in [5.74, 6) is 0.724. The van der Waals surface area contributed by atoms with Gasteiger partial charge in [-0.2, -0.15) is 0 Å². The van der Waals surface area contributed by atoms with Crippen LogP contribution in [0.15, 0.2) is 33.6 Å². The molecule has 0 unspecified atom stereocenters. The van der Waals surface area contributed by atoms with Crippen LogP contribution in [-0.4, -0.2) is 10.1 Å². The van der Waals surface area contributed by atoms with Crippen molar-refractivity contribution in [3.8, 4) is 0 Å². The Kier molecular flexibility index (Phi) is 3.23. The summed E-state index contributed by atoms with van der Waals surface area (Å²) < 4.78 is 5.53. The number of hydrogen-bond acceptors (Lipinski definition) is 4. The fourth-order valence-corrected chi connectivity index (χ4v) is 1.83. The lowest BCUT2D eigenvalue weighted by Crippen LogP contribution is -2.02. The van der Waals surface area contributed by atoms with E-state index in [1.54, 1.807) is 18.3 Å². The molecule has 2 heterocycles. The number of rotatable bonds is 3. The van der Waals surface area contributed by atoms with Gasteiger partial charge in [-0.3, -0.25) is 0 Å². The highest BCUT2D eigenvalue weighted by molar-refractivity contribution is 9.10. The molecular formula is C9H7BrClN3O. The first kappa shape index (κ1) is 10.4. The van der Waals surface area contributed by atoms with E-state index in [4.69, 9.17) is 16.1 Å². The molecule has 0 aliphatic carbocycles. The molecule has 0 aliphatic heterocycles. The first-order chi connectivity index (χ1) is 7.25. The van der Waals surface area contributed by atoms with Gasteiger partial charge in [0.05, 0.1) is 16.0 Å². The van der Waals surface area contributed by atoms with Gasteiger partial charge in [-0.1, -0.05) is 16.8 Å². The maximum Gasteiger partial charge on any atom is 0.140 e. The molecule has 6 heteroatoms. The second-order valence-corrected chi connectivity index (χ2v) is 4.12. The van der Waals surface area contributed by atoms with Crippen molar-refractivity contribution in [1.82, 2.24) is 10.1 Å². The molecule has 4 nitrogen and oxygen atoms in total. The van der Waals surface area contributed by atoms with Gasteiger partial charge in [0.15, 0.2) is 0 Å². The summed E-state index contributed by atoms with van der Waals surface area (Å²) in [5, 5.41) is 7.47. The minimum atomic E-state index is 0.559. The summed E-state index contributed by atoms with van der Waals surface area (Å²) in [4.78, 5) is 4.13. The summed E-state index contributed by atoms with van der Waals surface area (Å²) in [7, 11) is 0. The van der Waals surface area contributed by atoms with Crippen LogP contribution in [0.25, 0.3) is 0 Å². The Balaban J connectivity index is 2.05. The van der Waals surface area contributed by atoms with Crippen molar-refractivity contribution in [3.63, 3.8) is 0 Å². The van der Waals surface area contributed by atoms with E-state index in [0.29, 0.717) is 11.6 Å². The number of anilines is 1. The molecule has 0 fully saturated rings. The number of aromatic nitrogens is 2. The quantitative estimate of drug-likeness (QED) is 0.943. The molecule has 2 aromatic heterocycles. The van der Waals surface area contributed by atoms with Crippen LogP contribution in [0.1, 0.15) is 5.69 Å². The Morgan fingerprint density at radius 2 is 2.40 bits per heavy atom. The topological polar surface area (TPSA) is 51.0 Å². The number of nitrogens with zero attached hydrogens (tertiary/aromatic N) is 2. The normalized spacial score (nSPS) is 10.3. The molecule has 0 bridgehead atoms. The van der Waals surface area contributed by atoms with Crippen LogP contribution < -0.4 is 5.32 Å². The van der Waals surface area contributed by atoms with Gasteiger partial charge in [0.1, 0.15) is 17.8 Å². The van der Waals surface area contributed by atoms with Crippen LogP contribution in [0.4, 0.5) is 5.82 Å². The molecule has 0 amide bonds. The number of halogens is 2. The minimum absolute atomic E-state index is 0.559. The molecule has 2 aromatic rings. The lowest BCUT2D eigenvalue weighted by Gasteiger charge is -2.05. The Morgan fingerprint density at radius 3 is 3.07 bits per heavy atom. The number of nitrogens with one attached hydrogen (secondary N) is 1. The lowest BCUT2D eigenvalue weighted by atomic mass is 10.4. The van der Waals surface area contributed by atoms with Crippen molar-refractivity contribution < 1.29 is 4.52 Å². The average molecular weight is 289 g/mol. The molecule has 15 heavy (non-hydrogen) atoms. The third-order valence-corrected chi connectivity index (χ3v) is 2.55.